The quantitative estimate of drug-likeness (QED) is 0.500. The van der Waals surface area contributed by atoms with Gasteiger partial charge in [-0.3, -0.25) is 0 Å². The number of aryl methyl sites for hydroxylation is 1. The van der Waals surface area contributed by atoms with Gasteiger partial charge in [0.15, 0.2) is 5.82 Å². The van der Waals surface area contributed by atoms with E-state index in [4.69, 9.17) is 5.84 Å². The Kier molecular flexibility index (Phi) is 3.57. The Balaban J connectivity index is 2.59. The van der Waals surface area contributed by atoms with Crippen LogP contribution in [-0.4, -0.2) is 19.7 Å². The van der Waals surface area contributed by atoms with Crippen LogP contribution >= 0.6 is 22.6 Å². The monoisotopic (exact) mass is 344 g/mol. The summed E-state index contributed by atoms with van der Waals surface area (Å²) in [6.07, 6.45) is 4.44. The largest absolute Gasteiger partial charge is 0.308 e. The van der Waals surface area contributed by atoms with Crippen LogP contribution < -0.4 is 11.3 Å². The Morgan fingerprint density at radius 1 is 1.47 bits per heavy atom. The van der Waals surface area contributed by atoms with Gasteiger partial charge in [-0.25, -0.2) is 20.5 Å². The van der Waals surface area contributed by atoms with Crippen molar-refractivity contribution in [1.82, 2.24) is 19.7 Å². The van der Waals surface area contributed by atoms with E-state index < -0.39 is 0 Å². The predicted octanol–water partition coefficient (Wildman–Crippen LogP) is 1.42. The number of hydrogen-bond donors (Lipinski definition) is 2. The standard InChI is InChI=1S/C10H13IN6/c1-3-8-14-9(16-12)6(2)10(15-8)17-5-7(11)4-13-17/h4-5H,3,12H2,1-2H3,(H,14,15,16). The molecule has 0 aliphatic heterocycles. The third-order valence-corrected chi connectivity index (χ3v) is 2.94. The van der Waals surface area contributed by atoms with Gasteiger partial charge in [-0.15, -0.1) is 0 Å². The van der Waals surface area contributed by atoms with E-state index >= 15 is 0 Å². The van der Waals surface area contributed by atoms with Gasteiger partial charge in [-0.1, -0.05) is 6.92 Å². The van der Waals surface area contributed by atoms with Crippen LogP contribution in [0.15, 0.2) is 12.4 Å². The minimum Gasteiger partial charge on any atom is -0.308 e. The van der Waals surface area contributed by atoms with Gasteiger partial charge in [0.25, 0.3) is 0 Å². The lowest BCUT2D eigenvalue weighted by Crippen LogP contribution is -2.15. The molecule has 0 atom stereocenters. The third kappa shape index (κ3) is 2.39. The molecule has 0 amide bonds. The SMILES string of the molecule is CCc1nc(NN)c(C)c(-n2cc(I)cn2)n1. The second-order valence-corrected chi connectivity index (χ2v) is 4.78. The fourth-order valence-electron chi connectivity index (χ4n) is 1.49. The topological polar surface area (TPSA) is 81.6 Å². The highest BCUT2D eigenvalue weighted by atomic mass is 127. The summed E-state index contributed by atoms with van der Waals surface area (Å²) in [7, 11) is 0. The Hall–Kier alpha value is -1.22. The van der Waals surface area contributed by atoms with Gasteiger partial charge >= 0.3 is 0 Å². The van der Waals surface area contributed by atoms with Crippen molar-refractivity contribution in [3.05, 3.63) is 27.4 Å². The highest BCUT2D eigenvalue weighted by Crippen LogP contribution is 2.18. The Morgan fingerprint density at radius 3 is 2.76 bits per heavy atom. The van der Waals surface area contributed by atoms with Gasteiger partial charge in [0.2, 0.25) is 0 Å². The number of aromatic nitrogens is 4. The molecule has 3 N–H and O–H groups in total. The number of hydrazine groups is 1. The molecule has 2 aromatic rings. The minimum absolute atomic E-state index is 0.636. The van der Waals surface area contributed by atoms with Gasteiger partial charge in [-0.05, 0) is 29.5 Å². The summed E-state index contributed by atoms with van der Waals surface area (Å²) in [5.74, 6) is 7.59. The Morgan fingerprint density at radius 2 is 2.24 bits per heavy atom. The average Bonchev–Trinajstić information content (AvgIpc) is 2.76. The van der Waals surface area contributed by atoms with Crippen molar-refractivity contribution in [2.24, 2.45) is 5.84 Å². The molecule has 0 saturated carbocycles. The fraction of sp³-hybridized carbons (Fsp3) is 0.300. The number of anilines is 1. The van der Waals surface area contributed by atoms with E-state index in [-0.39, 0.29) is 0 Å². The maximum Gasteiger partial charge on any atom is 0.162 e. The van der Waals surface area contributed by atoms with Gasteiger partial charge in [-0.2, -0.15) is 5.10 Å². The van der Waals surface area contributed by atoms with Crippen molar-refractivity contribution >= 4 is 28.4 Å². The Labute approximate surface area is 113 Å². The van der Waals surface area contributed by atoms with Crippen LogP contribution in [0, 0.1) is 10.5 Å². The van der Waals surface area contributed by atoms with Crippen LogP contribution in [0.25, 0.3) is 5.82 Å². The summed E-state index contributed by atoms with van der Waals surface area (Å²) in [5.41, 5.74) is 3.47. The minimum atomic E-state index is 0.636. The van der Waals surface area contributed by atoms with E-state index in [1.165, 1.54) is 0 Å². The molecule has 0 unspecified atom stereocenters. The van der Waals surface area contributed by atoms with Crippen LogP contribution in [0.5, 0.6) is 0 Å². The lowest BCUT2D eigenvalue weighted by Gasteiger charge is -2.10. The van der Waals surface area contributed by atoms with Crippen molar-refractivity contribution in [2.45, 2.75) is 20.3 Å². The highest BCUT2D eigenvalue weighted by Gasteiger charge is 2.11. The first-order chi connectivity index (χ1) is 8.15. The molecule has 2 aromatic heterocycles. The number of rotatable bonds is 3. The van der Waals surface area contributed by atoms with Crippen LogP contribution in [-0.2, 0) is 6.42 Å². The molecule has 90 valence electrons. The molecule has 2 heterocycles. The van der Waals surface area contributed by atoms with Crippen molar-refractivity contribution in [3.63, 3.8) is 0 Å². The number of nitrogens with two attached hydrogens (primary N) is 1. The molecule has 2 rings (SSSR count). The van der Waals surface area contributed by atoms with Crippen molar-refractivity contribution in [2.75, 3.05) is 5.43 Å². The smallest absolute Gasteiger partial charge is 0.162 e. The number of halogens is 1. The normalized spacial score (nSPS) is 10.6. The average molecular weight is 344 g/mol. The predicted molar refractivity (Wildman–Crippen MR) is 73.8 cm³/mol. The zero-order valence-corrected chi connectivity index (χ0v) is 11.8. The molecule has 0 fully saturated rings. The summed E-state index contributed by atoms with van der Waals surface area (Å²) < 4.78 is 2.79. The molecule has 17 heavy (non-hydrogen) atoms. The number of nitrogen functional groups attached to an aromatic ring is 1. The summed E-state index contributed by atoms with van der Waals surface area (Å²) in [5, 5.41) is 4.25. The van der Waals surface area contributed by atoms with E-state index in [1.54, 1.807) is 10.9 Å². The van der Waals surface area contributed by atoms with Gasteiger partial charge in [0, 0.05) is 18.2 Å². The molecule has 6 nitrogen and oxygen atoms in total. The molecule has 0 aliphatic carbocycles. The molecule has 0 spiro atoms. The van der Waals surface area contributed by atoms with Crippen LogP contribution in [0.2, 0.25) is 0 Å². The van der Waals surface area contributed by atoms with Crippen LogP contribution in [0.4, 0.5) is 5.82 Å². The molecule has 0 aromatic carbocycles. The third-order valence-electron chi connectivity index (χ3n) is 2.39. The lowest BCUT2D eigenvalue weighted by molar-refractivity contribution is 0.803. The number of hydrogen-bond acceptors (Lipinski definition) is 5. The van der Waals surface area contributed by atoms with Gasteiger partial charge < -0.3 is 5.43 Å². The van der Waals surface area contributed by atoms with E-state index in [1.807, 2.05) is 20.0 Å². The number of nitrogens with one attached hydrogen (secondary N) is 1. The summed E-state index contributed by atoms with van der Waals surface area (Å²) in [4.78, 5) is 8.79. The van der Waals surface area contributed by atoms with Crippen molar-refractivity contribution in [3.8, 4) is 5.82 Å². The molecule has 0 radical (unpaired) electrons. The molecular formula is C10H13IN6. The first-order valence-electron chi connectivity index (χ1n) is 5.20. The van der Waals surface area contributed by atoms with Gasteiger partial charge in [0.05, 0.1) is 9.77 Å². The molecule has 7 heteroatoms. The van der Waals surface area contributed by atoms with Gasteiger partial charge in [0.1, 0.15) is 11.6 Å². The first-order valence-corrected chi connectivity index (χ1v) is 6.28. The highest BCUT2D eigenvalue weighted by molar-refractivity contribution is 14.1. The van der Waals surface area contributed by atoms with Crippen molar-refractivity contribution in [1.29, 1.82) is 0 Å². The maximum absolute atomic E-state index is 5.45. The molecule has 0 aliphatic rings. The lowest BCUT2D eigenvalue weighted by atomic mass is 10.3. The zero-order chi connectivity index (χ0) is 12.4. The molecule has 0 bridgehead atoms. The van der Waals surface area contributed by atoms with E-state index in [9.17, 15) is 0 Å². The second-order valence-electron chi connectivity index (χ2n) is 3.54. The van der Waals surface area contributed by atoms with Crippen LogP contribution in [0.3, 0.4) is 0 Å². The van der Waals surface area contributed by atoms with E-state index in [0.717, 1.165) is 27.2 Å². The summed E-state index contributed by atoms with van der Waals surface area (Å²) in [6, 6.07) is 0. The van der Waals surface area contributed by atoms with E-state index in [0.29, 0.717) is 5.82 Å². The first kappa shape index (κ1) is 12.2. The van der Waals surface area contributed by atoms with Crippen LogP contribution in [0.1, 0.15) is 18.3 Å². The summed E-state index contributed by atoms with van der Waals surface area (Å²) >= 11 is 2.21. The molecule has 0 saturated heterocycles. The maximum atomic E-state index is 5.45. The fourth-order valence-corrected chi connectivity index (χ4v) is 1.88. The second kappa shape index (κ2) is 4.96. The van der Waals surface area contributed by atoms with Crippen molar-refractivity contribution < 1.29 is 0 Å². The summed E-state index contributed by atoms with van der Waals surface area (Å²) in [6.45, 7) is 3.92. The zero-order valence-electron chi connectivity index (χ0n) is 9.61. The van der Waals surface area contributed by atoms with E-state index in [2.05, 4.69) is 43.1 Å². The number of nitrogens with zero attached hydrogens (tertiary/aromatic N) is 4. The Bertz CT molecular complexity index is 536. The molecular weight excluding hydrogens is 331 g/mol.